The average molecular weight is 975 g/mol. The molecule has 15 heteroatoms. The van der Waals surface area contributed by atoms with Crippen LogP contribution in [0.3, 0.4) is 0 Å². The molecule has 7 N–H and O–H groups in total. The first-order chi connectivity index (χ1) is 33.0. The van der Waals surface area contributed by atoms with Crippen molar-refractivity contribution in [2.24, 2.45) is 0 Å². The van der Waals surface area contributed by atoms with Crippen LogP contribution in [0.5, 0.6) is 0 Å². The number of unbranched alkanes of at least 4 members (excludes halogenated alkanes) is 27. The van der Waals surface area contributed by atoms with E-state index in [-0.39, 0.29) is 26.1 Å². The summed E-state index contributed by atoms with van der Waals surface area (Å²) in [5.41, 5.74) is 0. The quantitative estimate of drug-likeness (QED) is 0.0174. The number of allylic oxidation sites excluding steroid dienone is 2. The summed E-state index contributed by atoms with van der Waals surface area (Å²) in [5.74, 6) is -0.924. The lowest BCUT2D eigenvalue weighted by Crippen LogP contribution is -2.61. The lowest BCUT2D eigenvalue weighted by Gasteiger charge is -2.42. The van der Waals surface area contributed by atoms with Crippen LogP contribution in [0.1, 0.15) is 219 Å². The van der Waals surface area contributed by atoms with E-state index in [0.717, 1.165) is 57.8 Å². The van der Waals surface area contributed by atoms with Gasteiger partial charge in [-0.05, 0) is 38.5 Å². The second-order valence-electron chi connectivity index (χ2n) is 19.4. The first kappa shape index (κ1) is 62.4. The molecular formula is C53H98O15. The third kappa shape index (κ3) is 28.3. The maximum absolute atomic E-state index is 13.0. The molecule has 4 unspecified atom stereocenters. The summed E-state index contributed by atoms with van der Waals surface area (Å²) in [4.78, 5) is 25.8. The van der Waals surface area contributed by atoms with Gasteiger partial charge in [0.15, 0.2) is 18.7 Å². The van der Waals surface area contributed by atoms with Crippen molar-refractivity contribution in [3.8, 4) is 0 Å². The molecular weight excluding hydrogens is 877 g/mol. The second kappa shape index (κ2) is 40.8. The minimum atomic E-state index is -1.76. The monoisotopic (exact) mass is 975 g/mol. The molecule has 15 nitrogen and oxygen atoms in total. The van der Waals surface area contributed by atoms with Gasteiger partial charge in [-0.3, -0.25) is 9.59 Å². The largest absolute Gasteiger partial charge is 0.462 e. The van der Waals surface area contributed by atoms with Crippen molar-refractivity contribution in [3.05, 3.63) is 12.2 Å². The van der Waals surface area contributed by atoms with Gasteiger partial charge in [0.25, 0.3) is 0 Å². The Hall–Kier alpha value is -1.76. The van der Waals surface area contributed by atoms with E-state index in [1.807, 2.05) is 0 Å². The third-order valence-corrected chi connectivity index (χ3v) is 13.2. The Morgan fingerprint density at radius 2 is 0.838 bits per heavy atom. The molecule has 0 amide bonds. The number of aliphatic hydroxyl groups excluding tert-OH is 7. The van der Waals surface area contributed by atoms with Crippen molar-refractivity contribution in [2.45, 2.75) is 287 Å². The van der Waals surface area contributed by atoms with Crippen molar-refractivity contribution in [1.29, 1.82) is 0 Å². The third-order valence-electron chi connectivity index (χ3n) is 13.2. The number of rotatable bonds is 43. The highest BCUT2D eigenvalue weighted by Gasteiger charge is 2.47. The molecule has 68 heavy (non-hydrogen) atoms. The predicted octanol–water partition coefficient (Wildman–Crippen LogP) is 8.16. The van der Waals surface area contributed by atoms with Gasteiger partial charge >= 0.3 is 11.9 Å². The van der Waals surface area contributed by atoms with Gasteiger partial charge in [-0.1, -0.05) is 180 Å². The molecule has 0 aromatic rings. The zero-order valence-electron chi connectivity index (χ0n) is 42.4. The lowest BCUT2D eigenvalue weighted by atomic mass is 9.98. The van der Waals surface area contributed by atoms with Gasteiger partial charge in [0.2, 0.25) is 0 Å². The van der Waals surface area contributed by atoms with Crippen LogP contribution in [0, 0.1) is 0 Å². The van der Waals surface area contributed by atoms with E-state index in [1.165, 1.54) is 122 Å². The highest BCUT2D eigenvalue weighted by molar-refractivity contribution is 5.70. The number of esters is 2. The van der Waals surface area contributed by atoms with Gasteiger partial charge in [-0.2, -0.15) is 0 Å². The molecule has 2 heterocycles. The molecule has 400 valence electrons. The highest BCUT2D eigenvalue weighted by atomic mass is 16.7. The average Bonchev–Trinajstić information content (AvgIpc) is 3.33. The molecule has 0 aromatic heterocycles. The summed E-state index contributed by atoms with van der Waals surface area (Å²) in [7, 11) is 0. The number of hydrogen-bond donors (Lipinski definition) is 7. The highest BCUT2D eigenvalue weighted by Crippen LogP contribution is 2.27. The minimum Gasteiger partial charge on any atom is -0.462 e. The van der Waals surface area contributed by atoms with Crippen LogP contribution in [0.4, 0.5) is 0 Å². The molecule has 0 spiro atoms. The van der Waals surface area contributed by atoms with Crippen molar-refractivity contribution in [1.82, 2.24) is 0 Å². The molecule has 0 aromatic carbocycles. The molecule has 0 bridgehead atoms. The zero-order valence-corrected chi connectivity index (χ0v) is 42.4. The van der Waals surface area contributed by atoms with E-state index in [4.69, 9.17) is 28.4 Å². The Balaban J connectivity index is 1.76. The van der Waals surface area contributed by atoms with Crippen LogP contribution < -0.4 is 0 Å². The van der Waals surface area contributed by atoms with E-state index in [9.17, 15) is 45.3 Å². The summed E-state index contributed by atoms with van der Waals surface area (Å²) in [6.45, 7) is 2.59. The van der Waals surface area contributed by atoms with Crippen molar-refractivity contribution >= 4 is 11.9 Å². The normalized spacial score (nSPS) is 25.8. The van der Waals surface area contributed by atoms with Crippen LogP contribution in [0.15, 0.2) is 12.2 Å². The molecule has 0 saturated carbocycles. The Morgan fingerprint density at radius 3 is 1.32 bits per heavy atom. The fraction of sp³-hybridized carbons (Fsp3) is 0.925. The van der Waals surface area contributed by atoms with E-state index < -0.39 is 92.7 Å². The summed E-state index contributed by atoms with van der Waals surface area (Å²) >= 11 is 0. The number of aliphatic hydroxyl groups is 7. The summed E-state index contributed by atoms with van der Waals surface area (Å²) in [6, 6.07) is 0. The van der Waals surface area contributed by atoms with Gasteiger partial charge in [-0.15, -0.1) is 0 Å². The molecule has 2 rings (SSSR count). The van der Waals surface area contributed by atoms with Gasteiger partial charge in [0.05, 0.1) is 19.8 Å². The Morgan fingerprint density at radius 1 is 0.456 bits per heavy atom. The van der Waals surface area contributed by atoms with Gasteiger partial charge < -0.3 is 64.2 Å². The molecule has 2 aliphatic rings. The number of carbonyl (C=O) groups excluding carboxylic acids is 2. The van der Waals surface area contributed by atoms with Crippen molar-refractivity contribution in [2.75, 3.05) is 26.4 Å². The molecule has 2 aliphatic heterocycles. The predicted molar refractivity (Wildman–Crippen MR) is 261 cm³/mol. The standard InChI is InChI=1S/C53H98O15/c1-3-5-7-9-11-13-15-17-18-19-20-21-22-23-24-26-28-30-32-34-36-45(56)66-41(38-63-44(55)35-33-31-29-27-25-16-14-12-10-8-6-4-2)39-64-52-51(62)49(60)47(58)43(68-52)40-65-53-50(61)48(59)46(57)42(37-54)67-53/h12,14,41-43,46-54,57-62H,3-11,13,15-40H2,1-2H3/b14-12+/t41-,42+,43+,46-,47-,48?,49?,50?,51?,52+,53+/m1/s1. The zero-order chi connectivity index (χ0) is 49.6. The van der Waals surface area contributed by atoms with Crippen LogP contribution in [-0.2, 0) is 38.0 Å². The van der Waals surface area contributed by atoms with E-state index >= 15 is 0 Å². The molecule has 11 atom stereocenters. The molecule has 0 radical (unpaired) electrons. The first-order valence-corrected chi connectivity index (χ1v) is 27.3. The first-order valence-electron chi connectivity index (χ1n) is 27.3. The maximum Gasteiger partial charge on any atom is 0.306 e. The maximum atomic E-state index is 13.0. The lowest BCUT2D eigenvalue weighted by molar-refractivity contribution is -0.332. The van der Waals surface area contributed by atoms with E-state index in [2.05, 4.69) is 26.0 Å². The second-order valence-corrected chi connectivity index (χ2v) is 19.4. The van der Waals surface area contributed by atoms with E-state index in [0.29, 0.717) is 12.8 Å². The SMILES string of the molecule is CCCCC/C=C/CCCCCCCC(=O)OC[C@H](CO[C@H]1O[C@@H](CO[C@H]2O[C@@H](CO)[C@@H](O)C(O)C2O)[C@@H](O)C(O)C1O)OC(=O)CCCCCCCCCCCCCCCCCCCCCC. The minimum absolute atomic E-state index is 0.170. The van der Waals surface area contributed by atoms with Crippen LogP contribution >= 0.6 is 0 Å². The van der Waals surface area contributed by atoms with E-state index in [1.54, 1.807) is 0 Å². The van der Waals surface area contributed by atoms with Crippen LogP contribution in [0.2, 0.25) is 0 Å². The van der Waals surface area contributed by atoms with Crippen LogP contribution in [-0.4, -0.2) is 142 Å². The summed E-state index contributed by atoms with van der Waals surface area (Å²) in [6.07, 6.45) is 23.9. The smallest absolute Gasteiger partial charge is 0.306 e. The van der Waals surface area contributed by atoms with Crippen molar-refractivity contribution in [3.63, 3.8) is 0 Å². The molecule has 0 aliphatic carbocycles. The van der Waals surface area contributed by atoms with Crippen molar-refractivity contribution < 1.29 is 73.8 Å². The van der Waals surface area contributed by atoms with Gasteiger partial charge in [0, 0.05) is 12.8 Å². The van der Waals surface area contributed by atoms with Gasteiger partial charge in [0.1, 0.15) is 55.4 Å². The fourth-order valence-corrected chi connectivity index (χ4v) is 8.74. The van der Waals surface area contributed by atoms with Crippen LogP contribution in [0.25, 0.3) is 0 Å². The number of hydrogen-bond acceptors (Lipinski definition) is 15. The summed E-state index contributed by atoms with van der Waals surface area (Å²) < 4.78 is 33.6. The summed E-state index contributed by atoms with van der Waals surface area (Å²) in [5, 5.41) is 72.1. The molecule has 2 fully saturated rings. The molecule has 2 saturated heterocycles. The Bertz CT molecular complexity index is 1240. The topological polar surface area (TPSA) is 231 Å². The number of carbonyl (C=O) groups is 2. The Kier molecular flexibility index (Phi) is 37.4. The fourth-order valence-electron chi connectivity index (χ4n) is 8.74. The Labute approximate surface area is 410 Å². The number of ether oxygens (including phenoxy) is 6. The van der Waals surface area contributed by atoms with Gasteiger partial charge in [-0.25, -0.2) is 0 Å².